The highest BCUT2D eigenvalue weighted by atomic mass is 79.9. The Kier molecular flexibility index (Phi) is 35.5. The maximum Gasteiger partial charge on any atom is 0.309 e. The third kappa shape index (κ3) is 46.8. The Hall–Kier alpha value is -5.35. The Morgan fingerprint density at radius 3 is 0.725 bits per heavy atom. The molecule has 0 aromatic carbocycles. The molecule has 0 aliphatic rings. The Morgan fingerprint density at radius 1 is 0.373 bits per heavy atom. The van der Waals surface area contributed by atoms with Gasteiger partial charge < -0.3 is 52.8 Å². The van der Waals surface area contributed by atoms with Gasteiger partial charge in [-0.3, -0.25) is 52.7 Å². The molecule has 0 radical (unpaired) electrons. The van der Waals surface area contributed by atoms with Crippen LogP contribution in [-0.4, -0.2) is 109 Å². The molecule has 0 aromatic rings. The molecule has 0 aliphatic carbocycles. The topological polar surface area (TPSA) is 311 Å². The molecule has 0 aromatic heterocycles. The lowest BCUT2D eigenvalue weighted by Gasteiger charge is -2.07. The molecule has 0 unspecified atom stereocenters. The molecular weight excluding hydrogens is 768 g/mol. The molecule has 51 heavy (non-hydrogen) atoms. The summed E-state index contributed by atoms with van der Waals surface area (Å²) in [5.41, 5.74) is 0.294. The van der Waals surface area contributed by atoms with E-state index in [-0.39, 0.29) is 64.8 Å². The predicted octanol–water partition coefficient (Wildman–Crippen LogP) is 1.02. The second kappa shape index (κ2) is 34.5. The van der Waals surface area contributed by atoms with Gasteiger partial charge in [0.25, 0.3) is 0 Å². The Bertz CT molecular complexity index is 1070. The lowest BCUT2D eigenvalue weighted by atomic mass is 10.3. The number of esters is 9. The first-order valence-corrected chi connectivity index (χ1v) is 14.8. The lowest BCUT2D eigenvalue weighted by molar-refractivity contribution is -0.173. The van der Waals surface area contributed by atoms with Gasteiger partial charge in [-0.25, -0.2) is 0 Å². The van der Waals surface area contributed by atoms with Gasteiger partial charge in [0.1, 0.15) is 5.52 Å². The monoisotopic (exact) mass is 808 g/mol. The molecule has 0 heterocycles. The lowest BCUT2D eigenvalue weighted by Crippen LogP contribution is -2.16. The second-order valence-corrected chi connectivity index (χ2v) is 8.83. The first-order chi connectivity index (χ1) is 23.4. The van der Waals surface area contributed by atoms with Gasteiger partial charge in [0.05, 0.1) is 51.4 Å². The average Bonchev–Trinajstić information content (AvgIpc) is 3.01. The first-order valence-electron chi connectivity index (χ1n) is 13.7. The van der Waals surface area contributed by atoms with Gasteiger partial charge in [-0.2, -0.15) is 0 Å². The highest BCUT2D eigenvalue weighted by molar-refractivity contribution is 9.09. The number of ether oxygens (including phenoxy) is 9. The molecule has 0 spiro atoms. The summed E-state index contributed by atoms with van der Waals surface area (Å²) in [6.45, 7) is 1.20. The van der Waals surface area contributed by atoms with Gasteiger partial charge in [0, 0.05) is 20.8 Å². The number of alkyl halides is 1. The number of carboxylic acid groups (broad SMARTS) is 2. The number of carbonyl (C=O) groups is 11. The van der Waals surface area contributed by atoms with Crippen LogP contribution in [-0.2, 0) is 95.4 Å². The standard InChI is InChI=1S/C15H20O12.C9H12O8.C3H5BrO2.CH4/c1-10(16)22-7-24-12(18)3-5-14(20)26-9-27-15(21)6-4-13(19)25-8-23-11(2)17;10-6(11)1-3-8(14)16-5-17-9(15)4-2-7(12)13;1-3(5)6-2-4;/h3-9H2,1-2H3;1-5H2,(H,10,11)(H,12,13);2H2,1H3;1H4. The van der Waals surface area contributed by atoms with Crippen LogP contribution in [0, 0.1) is 0 Å². The number of halogens is 1. The second-order valence-electron chi connectivity index (χ2n) is 8.37. The molecular formula is C28H41BrO22. The van der Waals surface area contributed by atoms with Gasteiger partial charge >= 0.3 is 65.7 Å². The SMILES string of the molecule is C.CC(=O)OCBr.CC(=O)OCOC(=O)CCC(=O)OCOC(=O)CCC(=O)OCOC(C)=O.O=C(O)CCC(=O)OCOC(=O)CCC(=O)O. The van der Waals surface area contributed by atoms with Crippen molar-refractivity contribution in [2.45, 2.75) is 79.6 Å². The summed E-state index contributed by atoms with van der Waals surface area (Å²) in [5, 5.41) is 16.5. The van der Waals surface area contributed by atoms with Crippen molar-refractivity contribution >= 4 is 81.6 Å². The Balaban J connectivity index is -0.000000391. The van der Waals surface area contributed by atoms with Gasteiger partial charge in [0.2, 0.25) is 27.2 Å². The van der Waals surface area contributed by atoms with Crippen LogP contribution in [0.4, 0.5) is 0 Å². The van der Waals surface area contributed by atoms with E-state index in [9.17, 15) is 52.7 Å². The summed E-state index contributed by atoms with van der Waals surface area (Å²) in [6.07, 6.45) is -2.68. The largest absolute Gasteiger partial charge is 0.481 e. The number of hydrogen-bond acceptors (Lipinski definition) is 20. The zero-order chi connectivity index (χ0) is 38.9. The molecule has 22 nitrogen and oxygen atoms in total. The number of carboxylic acids is 2. The quantitative estimate of drug-likeness (QED) is 0.0707. The zero-order valence-corrected chi connectivity index (χ0v) is 28.7. The smallest absolute Gasteiger partial charge is 0.309 e. The molecule has 0 aliphatic heterocycles. The average molecular weight is 810 g/mol. The van der Waals surface area contributed by atoms with Crippen molar-refractivity contribution in [2.75, 3.05) is 32.7 Å². The van der Waals surface area contributed by atoms with Crippen molar-refractivity contribution in [1.82, 2.24) is 0 Å². The highest BCUT2D eigenvalue weighted by Gasteiger charge is 2.13. The third-order valence-corrected chi connectivity index (χ3v) is 4.48. The molecule has 0 saturated heterocycles. The molecule has 0 amide bonds. The maximum atomic E-state index is 11.3. The van der Waals surface area contributed by atoms with Crippen LogP contribution in [0.5, 0.6) is 0 Å². The number of aliphatic carboxylic acids is 2. The van der Waals surface area contributed by atoms with Crippen LogP contribution in [0.2, 0.25) is 0 Å². The highest BCUT2D eigenvalue weighted by Crippen LogP contribution is 2.00. The normalized spacial score (nSPS) is 9.10. The third-order valence-electron chi connectivity index (χ3n) is 4.25. The molecule has 0 atom stereocenters. The van der Waals surface area contributed by atoms with Crippen molar-refractivity contribution in [3.05, 3.63) is 0 Å². The van der Waals surface area contributed by atoms with E-state index in [0.29, 0.717) is 5.52 Å². The minimum absolute atomic E-state index is 0. The fraction of sp³-hybridized carbons (Fsp3) is 0.607. The molecule has 2 N–H and O–H groups in total. The number of carbonyl (C=O) groups excluding carboxylic acids is 9. The molecule has 0 saturated carbocycles. The Labute approximate surface area is 299 Å². The van der Waals surface area contributed by atoms with Crippen LogP contribution < -0.4 is 0 Å². The van der Waals surface area contributed by atoms with Gasteiger partial charge in [0.15, 0.2) is 0 Å². The van der Waals surface area contributed by atoms with E-state index in [2.05, 4.69) is 58.6 Å². The van der Waals surface area contributed by atoms with Crippen molar-refractivity contribution in [3.63, 3.8) is 0 Å². The summed E-state index contributed by atoms with van der Waals surface area (Å²) in [5.74, 6) is -8.61. The van der Waals surface area contributed by atoms with E-state index in [4.69, 9.17) is 10.2 Å². The van der Waals surface area contributed by atoms with Crippen LogP contribution in [0.25, 0.3) is 0 Å². The van der Waals surface area contributed by atoms with E-state index in [1.54, 1.807) is 0 Å². The minimum Gasteiger partial charge on any atom is -0.481 e. The Morgan fingerprint density at radius 2 is 0.569 bits per heavy atom. The fourth-order valence-corrected chi connectivity index (χ4v) is 2.34. The van der Waals surface area contributed by atoms with Gasteiger partial charge in [-0.05, 0) is 15.9 Å². The van der Waals surface area contributed by atoms with Crippen LogP contribution in [0.3, 0.4) is 0 Å². The first kappa shape index (κ1) is 52.5. The minimum atomic E-state index is -1.14. The fourth-order valence-electron chi connectivity index (χ4n) is 2.01. The van der Waals surface area contributed by atoms with Crippen LogP contribution >= 0.6 is 15.9 Å². The van der Waals surface area contributed by atoms with E-state index < -0.39 is 86.9 Å². The van der Waals surface area contributed by atoms with Gasteiger partial charge in [-0.15, -0.1) is 0 Å². The maximum absolute atomic E-state index is 11.3. The number of hydrogen-bond donors (Lipinski definition) is 2. The number of rotatable bonds is 21. The summed E-state index contributed by atoms with van der Waals surface area (Å²) in [6, 6.07) is 0. The summed E-state index contributed by atoms with van der Waals surface area (Å²) >= 11 is 2.91. The van der Waals surface area contributed by atoms with E-state index >= 15 is 0 Å². The van der Waals surface area contributed by atoms with Crippen molar-refractivity contribution in [1.29, 1.82) is 0 Å². The molecule has 0 bridgehead atoms. The molecule has 0 fully saturated rings. The molecule has 292 valence electrons. The van der Waals surface area contributed by atoms with Gasteiger partial charge in [-0.1, -0.05) is 7.43 Å². The van der Waals surface area contributed by atoms with Crippen LogP contribution in [0.1, 0.15) is 79.6 Å². The molecule has 0 rings (SSSR count). The zero-order valence-electron chi connectivity index (χ0n) is 27.1. The summed E-state index contributed by atoms with van der Waals surface area (Å²) < 4.78 is 39.9. The van der Waals surface area contributed by atoms with Crippen LogP contribution in [0.15, 0.2) is 0 Å². The summed E-state index contributed by atoms with van der Waals surface area (Å²) in [7, 11) is 0. The van der Waals surface area contributed by atoms with E-state index in [0.717, 1.165) is 13.8 Å². The molecule has 23 heteroatoms. The van der Waals surface area contributed by atoms with Crippen molar-refractivity contribution < 1.29 is 106 Å². The van der Waals surface area contributed by atoms with E-state index in [1.165, 1.54) is 6.92 Å². The van der Waals surface area contributed by atoms with Crippen molar-refractivity contribution in [2.24, 2.45) is 0 Å². The predicted molar refractivity (Wildman–Crippen MR) is 164 cm³/mol. The summed E-state index contributed by atoms with van der Waals surface area (Å²) in [4.78, 5) is 118. The van der Waals surface area contributed by atoms with E-state index in [1.807, 2.05) is 0 Å². The van der Waals surface area contributed by atoms with Crippen molar-refractivity contribution in [3.8, 4) is 0 Å².